The molecule has 2 N–H and O–H groups in total. The molecule has 1 amide bonds. The van der Waals surface area contributed by atoms with Gasteiger partial charge in [-0.15, -0.1) is 0 Å². The number of nitriles is 1. The van der Waals surface area contributed by atoms with Gasteiger partial charge in [0.15, 0.2) is 0 Å². The Morgan fingerprint density at radius 3 is 2.50 bits per heavy atom. The van der Waals surface area contributed by atoms with E-state index < -0.39 is 57.2 Å². The second-order valence-electron chi connectivity index (χ2n) is 9.45. The van der Waals surface area contributed by atoms with Crippen LogP contribution in [0.5, 0.6) is 23.4 Å². The Kier molecular flexibility index (Phi) is 9.98. The van der Waals surface area contributed by atoms with Crippen LogP contribution in [0.3, 0.4) is 0 Å². The van der Waals surface area contributed by atoms with Crippen LogP contribution in [0.4, 0.5) is 17.2 Å². The molecular formula is C28H25N9O9. The maximum Gasteiger partial charge on any atom is 0.373 e. The van der Waals surface area contributed by atoms with E-state index in [1.165, 1.54) is 29.3 Å². The molecule has 0 atom stereocenters. The molecule has 0 bridgehead atoms. The predicted molar refractivity (Wildman–Crippen MR) is 158 cm³/mol. The molecule has 0 saturated carbocycles. The van der Waals surface area contributed by atoms with E-state index in [-0.39, 0.29) is 30.2 Å². The smallest absolute Gasteiger partial charge is 0.373 e. The molecular weight excluding hydrogens is 606 g/mol. The minimum atomic E-state index is -0.863. The van der Waals surface area contributed by atoms with Gasteiger partial charge < -0.3 is 29.4 Å². The lowest BCUT2D eigenvalue weighted by Crippen LogP contribution is -2.23. The van der Waals surface area contributed by atoms with Gasteiger partial charge in [0.2, 0.25) is 17.5 Å². The van der Waals surface area contributed by atoms with E-state index in [0.29, 0.717) is 17.0 Å². The molecule has 0 radical (unpaired) electrons. The molecule has 0 aliphatic heterocycles. The van der Waals surface area contributed by atoms with E-state index in [1.807, 2.05) is 6.07 Å². The molecule has 46 heavy (non-hydrogen) atoms. The van der Waals surface area contributed by atoms with Crippen molar-refractivity contribution in [3.05, 3.63) is 80.1 Å². The number of likely N-dealkylation sites (N-methyl/N-ethyl adjacent to an activating group) is 1. The largest absolute Gasteiger partial charge is 0.465 e. The molecule has 0 aliphatic rings. The first-order chi connectivity index (χ1) is 22.0. The average molecular weight is 632 g/mol. The number of benzene rings is 2. The molecule has 0 unspecified atom stereocenters. The Labute approximate surface area is 259 Å². The van der Waals surface area contributed by atoms with Crippen molar-refractivity contribution in [2.75, 3.05) is 32.6 Å². The van der Waals surface area contributed by atoms with Gasteiger partial charge >= 0.3 is 29.2 Å². The molecule has 0 saturated heterocycles. The van der Waals surface area contributed by atoms with Crippen molar-refractivity contribution in [3.8, 4) is 40.8 Å². The highest BCUT2D eigenvalue weighted by molar-refractivity contribution is 5.79. The second kappa shape index (κ2) is 14.2. The van der Waals surface area contributed by atoms with Crippen molar-refractivity contribution in [2.24, 2.45) is 0 Å². The molecule has 236 valence electrons. The summed E-state index contributed by atoms with van der Waals surface area (Å²) in [6, 6.07) is 9.11. The number of hydrogen-bond donors (Lipinski definition) is 2. The quantitative estimate of drug-likeness (QED) is 0.121. The van der Waals surface area contributed by atoms with E-state index in [4.69, 9.17) is 14.2 Å². The summed E-state index contributed by atoms with van der Waals surface area (Å²) in [4.78, 5) is 63.4. The number of aromatic amines is 1. The third kappa shape index (κ3) is 7.84. The minimum Gasteiger partial charge on any atom is -0.465 e. The lowest BCUT2D eigenvalue weighted by Gasteiger charge is -2.14. The first-order valence-corrected chi connectivity index (χ1v) is 13.3. The molecule has 0 spiro atoms. The molecule has 2 aromatic carbocycles. The first kappa shape index (κ1) is 32.3. The zero-order valence-corrected chi connectivity index (χ0v) is 24.5. The number of ether oxygens (including phenoxy) is 3. The Morgan fingerprint density at radius 1 is 1.09 bits per heavy atom. The second-order valence-corrected chi connectivity index (χ2v) is 9.45. The van der Waals surface area contributed by atoms with Crippen molar-refractivity contribution in [2.45, 2.75) is 13.3 Å². The van der Waals surface area contributed by atoms with Crippen LogP contribution < -0.4 is 14.8 Å². The van der Waals surface area contributed by atoms with Crippen LogP contribution in [0.25, 0.3) is 11.4 Å². The summed E-state index contributed by atoms with van der Waals surface area (Å²) >= 11 is 0. The third-order valence-corrected chi connectivity index (χ3v) is 6.01. The van der Waals surface area contributed by atoms with E-state index in [2.05, 4.69) is 25.3 Å². The van der Waals surface area contributed by atoms with Gasteiger partial charge in [0.25, 0.3) is 0 Å². The summed E-state index contributed by atoms with van der Waals surface area (Å²) in [6.45, 7) is 1.06. The third-order valence-electron chi connectivity index (χ3n) is 6.01. The predicted octanol–water partition coefficient (Wildman–Crippen LogP) is 3.75. The number of esters is 1. The summed E-state index contributed by atoms with van der Waals surface area (Å²) in [5, 5.41) is 35.7. The molecule has 4 rings (SSSR count). The number of nitrogens with one attached hydrogen (secondary N) is 2. The molecule has 2 aromatic heterocycles. The SMILES string of the molecule is CCOC(=O)CNc1nc(Oc2cc(C#N)ccc2[N+](=O)[O-])nc(Oc2cc(CC(=O)N(C)C)cc(-c3ncc[nH]3)c2)c1[N+](=O)[O-]. The van der Waals surface area contributed by atoms with E-state index in [0.717, 1.165) is 12.1 Å². The number of nitro groups is 2. The van der Waals surface area contributed by atoms with Gasteiger partial charge in [-0.25, -0.2) is 4.98 Å². The topological polar surface area (TPSA) is 242 Å². The van der Waals surface area contributed by atoms with E-state index in [1.54, 1.807) is 33.3 Å². The summed E-state index contributed by atoms with van der Waals surface area (Å²) in [5.41, 5.74) is -0.409. The lowest BCUT2D eigenvalue weighted by molar-refractivity contribution is -0.385. The molecule has 18 heteroatoms. The fourth-order valence-electron chi connectivity index (χ4n) is 3.93. The summed E-state index contributed by atoms with van der Waals surface area (Å²) in [6.07, 6.45) is 3.03. The normalized spacial score (nSPS) is 10.4. The number of nitro benzene ring substituents is 1. The fourth-order valence-corrected chi connectivity index (χ4v) is 3.93. The van der Waals surface area contributed by atoms with Gasteiger partial charge in [0, 0.05) is 44.2 Å². The van der Waals surface area contributed by atoms with E-state index in [9.17, 15) is 35.1 Å². The Morgan fingerprint density at radius 2 is 1.87 bits per heavy atom. The maximum atomic E-state index is 12.5. The van der Waals surface area contributed by atoms with Gasteiger partial charge in [-0.1, -0.05) is 0 Å². The van der Waals surface area contributed by atoms with Gasteiger partial charge in [-0.3, -0.25) is 29.8 Å². The highest BCUT2D eigenvalue weighted by Crippen LogP contribution is 2.39. The summed E-state index contributed by atoms with van der Waals surface area (Å²) in [7, 11) is 3.17. The first-order valence-electron chi connectivity index (χ1n) is 13.3. The number of imidazole rings is 1. The van der Waals surface area contributed by atoms with Crippen molar-refractivity contribution in [1.29, 1.82) is 5.26 Å². The highest BCUT2D eigenvalue weighted by atomic mass is 16.6. The summed E-state index contributed by atoms with van der Waals surface area (Å²) < 4.78 is 16.3. The summed E-state index contributed by atoms with van der Waals surface area (Å²) in [5.74, 6) is -2.26. The maximum absolute atomic E-state index is 12.5. The number of amides is 1. The van der Waals surface area contributed by atoms with Crippen LogP contribution in [0.2, 0.25) is 0 Å². The zero-order chi connectivity index (χ0) is 33.4. The van der Waals surface area contributed by atoms with Crippen LogP contribution >= 0.6 is 0 Å². The monoisotopic (exact) mass is 631 g/mol. The molecule has 2 heterocycles. The number of carbonyl (C=O) groups is 2. The van der Waals surface area contributed by atoms with Crippen LogP contribution in [-0.4, -0.2) is 73.8 Å². The number of H-pyrrole nitrogens is 1. The van der Waals surface area contributed by atoms with Crippen molar-refractivity contribution >= 4 is 29.1 Å². The number of aromatic nitrogens is 4. The van der Waals surface area contributed by atoms with Crippen molar-refractivity contribution < 1.29 is 33.6 Å². The average Bonchev–Trinajstić information content (AvgIpc) is 3.55. The molecule has 4 aromatic rings. The lowest BCUT2D eigenvalue weighted by atomic mass is 10.1. The number of nitrogens with zero attached hydrogens (tertiary/aromatic N) is 7. The van der Waals surface area contributed by atoms with Crippen LogP contribution in [-0.2, 0) is 20.7 Å². The Balaban J connectivity index is 1.86. The standard InChI is InChI=1S/C28H25N9O9/c1-4-44-23(39)15-32-26-24(37(42)43)27(34-28(33-26)46-21-11-16(14-29)5-6-20(21)36(40)41)45-19-10-17(12-22(38)35(2)3)9-18(13-19)25-30-7-8-31-25/h5-11,13H,4,12,15H2,1-3H3,(H,30,31)(H,32,33,34). The Bertz CT molecular complexity index is 1840. The van der Waals surface area contributed by atoms with Gasteiger partial charge in [-0.2, -0.15) is 15.2 Å². The molecule has 18 nitrogen and oxygen atoms in total. The van der Waals surface area contributed by atoms with Gasteiger partial charge in [0.1, 0.15) is 18.1 Å². The van der Waals surface area contributed by atoms with Crippen molar-refractivity contribution in [1.82, 2.24) is 24.8 Å². The molecule has 0 aliphatic carbocycles. The zero-order valence-electron chi connectivity index (χ0n) is 24.5. The van der Waals surface area contributed by atoms with Crippen LogP contribution in [0, 0.1) is 31.6 Å². The number of rotatable bonds is 13. The van der Waals surface area contributed by atoms with Crippen molar-refractivity contribution in [3.63, 3.8) is 0 Å². The van der Waals surface area contributed by atoms with Gasteiger partial charge in [0.05, 0.1) is 34.5 Å². The number of carbonyl (C=O) groups excluding carboxylic acids is 2. The number of anilines is 1. The molecule has 0 fully saturated rings. The minimum absolute atomic E-state index is 0.00277. The number of hydrogen-bond acceptors (Lipinski definition) is 14. The fraction of sp³-hybridized carbons (Fsp3) is 0.214. The van der Waals surface area contributed by atoms with Gasteiger partial charge in [-0.05, 0) is 36.8 Å². The van der Waals surface area contributed by atoms with Crippen LogP contribution in [0.1, 0.15) is 18.1 Å². The van der Waals surface area contributed by atoms with Crippen LogP contribution in [0.15, 0.2) is 48.8 Å². The highest BCUT2D eigenvalue weighted by Gasteiger charge is 2.30. The van der Waals surface area contributed by atoms with E-state index >= 15 is 0 Å². The Hall–Kier alpha value is -6.64.